The van der Waals surface area contributed by atoms with Crippen molar-refractivity contribution in [2.24, 2.45) is 0 Å². The summed E-state index contributed by atoms with van der Waals surface area (Å²) >= 11 is 0. The van der Waals surface area contributed by atoms with E-state index in [4.69, 9.17) is 0 Å². The van der Waals surface area contributed by atoms with E-state index < -0.39 is 27.3 Å². The molecule has 0 spiro atoms. The molecule has 0 aromatic heterocycles. The summed E-state index contributed by atoms with van der Waals surface area (Å²) in [7, 11) is -9.90. The Bertz CT molecular complexity index is 343. The molecule has 0 aliphatic carbocycles. The average molecular weight is 219 g/mol. The van der Waals surface area contributed by atoms with Gasteiger partial charge in [-0.1, -0.05) is 14.1 Å². The van der Waals surface area contributed by atoms with Gasteiger partial charge in [-0.05, 0) is 0 Å². The maximum Gasteiger partial charge on any atom is 0.387 e. The molecular formula is C3H6FNO5S2. The number of rotatable bonds is 5. The highest BCUT2D eigenvalue weighted by molar-refractivity contribution is 8.00. The molecule has 0 aromatic carbocycles. The van der Waals surface area contributed by atoms with Crippen molar-refractivity contribution in [2.45, 2.75) is 0 Å². The van der Waals surface area contributed by atoms with Crippen molar-refractivity contribution in [3.05, 3.63) is 12.7 Å². The fraction of sp³-hybridized carbons (Fsp3) is 0.333. The van der Waals surface area contributed by atoms with E-state index in [-0.39, 0.29) is 0 Å². The van der Waals surface area contributed by atoms with E-state index in [1.54, 1.807) is 0 Å². The first-order valence-electron chi connectivity index (χ1n) is 2.50. The van der Waals surface area contributed by atoms with Gasteiger partial charge in [-0.15, -0.1) is 6.58 Å². The molecule has 0 atom stereocenters. The summed E-state index contributed by atoms with van der Waals surface area (Å²) < 4.78 is 56.5. The molecule has 0 saturated carbocycles. The van der Waals surface area contributed by atoms with Crippen molar-refractivity contribution in [2.75, 3.05) is 6.61 Å². The van der Waals surface area contributed by atoms with E-state index in [0.29, 0.717) is 4.13 Å². The summed E-state index contributed by atoms with van der Waals surface area (Å²) in [4.78, 5) is 0. The van der Waals surface area contributed by atoms with Crippen molar-refractivity contribution < 1.29 is 24.9 Å². The highest BCUT2D eigenvalue weighted by Crippen LogP contribution is 1.93. The van der Waals surface area contributed by atoms with E-state index in [0.717, 1.165) is 6.08 Å². The molecule has 6 nitrogen and oxygen atoms in total. The zero-order chi connectivity index (χ0) is 9.83. The Morgan fingerprint density at radius 1 is 1.42 bits per heavy atom. The van der Waals surface area contributed by atoms with Crippen LogP contribution in [0.1, 0.15) is 0 Å². The lowest BCUT2D eigenvalue weighted by Gasteiger charge is -1.99. The molecule has 0 radical (unpaired) electrons. The van der Waals surface area contributed by atoms with Gasteiger partial charge in [0, 0.05) is 0 Å². The minimum Gasteiger partial charge on any atom is -0.253 e. The van der Waals surface area contributed by atoms with Crippen LogP contribution in [-0.4, -0.2) is 23.4 Å². The third kappa shape index (κ3) is 6.22. The van der Waals surface area contributed by atoms with Crippen molar-refractivity contribution >= 4 is 20.7 Å². The highest BCUT2D eigenvalue weighted by atomic mass is 32.3. The van der Waals surface area contributed by atoms with Crippen LogP contribution < -0.4 is 4.13 Å². The van der Waals surface area contributed by atoms with Crippen LogP contribution in [0.25, 0.3) is 0 Å². The van der Waals surface area contributed by atoms with Crippen LogP contribution in [0.5, 0.6) is 0 Å². The van der Waals surface area contributed by atoms with E-state index in [1.165, 1.54) is 0 Å². The molecule has 0 bridgehead atoms. The van der Waals surface area contributed by atoms with E-state index >= 15 is 0 Å². The molecule has 0 aromatic rings. The van der Waals surface area contributed by atoms with Crippen LogP contribution in [0.2, 0.25) is 0 Å². The van der Waals surface area contributed by atoms with Gasteiger partial charge < -0.3 is 0 Å². The second kappa shape index (κ2) is 3.94. The molecule has 9 heteroatoms. The third-order valence-corrected chi connectivity index (χ3v) is 2.60. The van der Waals surface area contributed by atoms with Crippen LogP contribution in [0.3, 0.4) is 0 Å². The first-order chi connectivity index (χ1) is 5.27. The van der Waals surface area contributed by atoms with Crippen LogP contribution in [0.15, 0.2) is 12.7 Å². The maximum absolute atomic E-state index is 11.7. The standard InChI is InChI=1S/C3H6FNO5S2/c1-2-3-10-12(8,9)5-11(4,6)7/h2,5H,1,3H2. The van der Waals surface area contributed by atoms with Crippen LogP contribution in [0, 0.1) is 0 Å². The van der Waals surface area contributed by atoms with Gasteiger partial charge >= 0.3 is 20.7 Å². The fourth-order valence-electron chi connectivity index (χ4n) is 0.284. The molecule has 0 saturated heterocycles. The van der Waals surface area contributed by atoms with Gasteiger partial charge in [0.2, 0.25) is 0 Å². The van der Waals surface area contributed by atoms with Gasteiger partial charge in [0.15, 0.2) is 0 Å². The van der Waals surface area contributed by atoms with E-state index in [1.807, 2.05) is 0 Å². The Balaban J connectivity index is 4.35. The number of hydrogen-bond donors (Lipinski definition) is 1. The van der Waals surface area contributed by atoms with Crippen LogP contribution in [0.4, 0.5) is 3.89 Å². The molecule has 0 aliphatic heterocycles. The zero-order valence-corrected chi connectivity index (χ0v) is 7.36. The average Bonchev–Trinajstić information content (AvgIpc) is 1.78. The minimum absolute atomic E-state index is 0.440. The summed E-state index contributed by atoms with van der Waals surface area (Å²) in [5, 5.41) is 0. The molecule has 12 heavy (non-hydrogen) atoms. The number of nitrogens with one attached hydrogen (secondary N) is 1. The van der Waals surface area contributed by atoms with Gasteiger partial charge in [-0.2, -0.15) is 16.8 Å². The fourth-order valence-corrected chi connectivity index (χ4v) is 1.73. The van der Waals surface area contributed by atoms with Crippen molar-refractivity contribution in [3.63, 3.8) is 0 Å². The second-order valence-electron chi connectivity index (χ2n) is 1.55. The molecular weight excluding hydrogens is 213 g/mol. The molecule has 0 heterocycles. The number of halogens is 1. The first-order valence-corrected chi connectivity index (χ1v) is 5.29. The lowest BCUT2D eigenvalue weighted by Crippen LogP contribution is -2.29. The lowest BCUT2D eigenvalue weighted by atomic mass is 10.7. The first kappa shape index (κ1) is 11.5. The topological polar surface area (TPSA) is 89.5 Å². The normalized spacial score (nSPS) is 12.8. The third-order valence-electron chi connectivity index (χ3n) is 0.543. The molecule has 0 fully saturated rings. The Hall–Kier alpha value is -0.510. The van der Waals surface area contributed by atoms with Crippen LogP contribution in [-0.2, 0) is 24.9 Å². The van der Waals surface area contributed by atoms with Gasteiger partial charge in [0.1, 0.15) is 0 Å². The summed E-state index contributed by atoms with van der Waals surface area (Å²) in [5.74, 6) is 0. The summed E-state index contributed by atoms with van der Waals surface area (Å²) in [6, 6.07) is 0. The van der Waals surface area contributed by atoms with Gasteiger partial charge in [-0.25, -0.2) is 0 Å². The van der Waals surface area contributed by atoms with Crippen LogP contribution >= 0.6 is 0 Å². The van der Waals surface area contributed by atoms with E-state index in [9.17, 15) is 20.7 Å². The molecule has 0 amide bonds. The smallest absolute Gasteiger partial charge is 0.253 e. The van der Waals surface area contributed by atoms with Crippen molar-refractivity contribution in [3.8, 4) is 0 Å². The summed E-state index contributed by atoms with van der Waals surface area (Å²) in [5.41, 5.74) is 0. The molecule has 0 unspecified atom stereocenters. The Morgan fingerprint density at radius 3 is 2.25 bits per heavy atom. The van der Waals surface area contributed by atoms with E-state index in [2.05, 4.69) is 10.8 Å². The van der Waals surface area contributed by atoms with Crippen molar-refractivity contribution in [1.82, 2.24) is 4.13 Å². The monoisotopic (exact) mass is 219 g/mol. The molecule has 0 rings (SSSR count). The molecule has 1 N–H and O–H groups in total. The Morgan fingerprint density at radius 2 is 1.92 bits per heavy atom. The predicted molar refractivity (Wildman–Crippen MR) is 38.2 cm³/mol. The number of hydrogen-bond acceptors (Lipinski definition) is 5. The quantitative estimate of drug-likeness (QED) is 0.484. The molecule has 72 valence electrons. The van der Waals surface area contributed by atoms with Gasteiger partial charge in [-0.3, -0.25) is 4.18 Å². The Labute approximate surface area is 69.6 Å². The maximum atomic E-state index is 11.7. The SMILES string of the molecule is C=CCOS(=O)(=O)NS(=O)(=O)F. The second-order valence-corrected chi connectivity index (χ2v) is 4.23. The predicted octanol–water partition coefficient (Wildman–Crippen LogP) is -0.762. The van der Waals surface area contributed by atoms with Crippen molar-refractivity contribution in [1.29, 1.82) is 0 Å². The van der Waals surface area contributed by atoms with Gasteiger partial charge in [0.05, 0.1) is 6.61 Å². The largest absolute Gasteiger partial charge is 0.387 e. The Kier molecular flexibility index (Phi) is 3.77. The lowest BCUT2D eigenvalue weighted by molar-refractivity contribution is 0.354. The summed E-state index contributed by atoms with van der Waals surface area (Å²) in [6.45, 7) is 2.66. The highest BCUT2D eigenvalue weighted by Gasteiger charge is 2.19. The zero-order valence-electron chi connectivity index (χ0n) is 5.73. The summed E-state index contributed by atoms with van der Waals surface area (Å²) in [6.07, 6.45) is 1.06. The molecule has 0 aliphatic rings. The minimum atomic E-state index is -5.31. The van der Waals surface area contributed by atoms with Gasteiger partial charge in [0.25, 0.3) is 0 Å².